The summed E-state index contributed by atoms with van der Waals surface area (Å²) in [4.78, 5) is 92.2. The Bertz CT molecular complexity index is 2140. The summed E-state index contributed by atoms with van der Waals surface area (Å²) in [6.07, 6.45) is 1.92. The van der Waals surface area contributed by atoms with Crippen LogP contribution in [0.25, 0.3) is 0 Å². The van der Waals surface area contributed by atoms with Crippen LogP contribution in [0.3, 0.4) is 0 Å². The van der Waals surface area contributed by atoms with E-state index in [1.165, 1.54) is 61.7 Å². The predicted molar refractivity (Wildman–Crippen MR) is 229 cm³/mol. The second kappa shape index (κ2) is 19.8. The molecule has 15 heteroatoms. The minimum atomic E-state index is -1.18. The monoisotopic (exact) mass is 838 g/mol. The van der Waals surface area contributed by atoms with E-state index >= 15 is 0 Å². The molecule has 3 aliphatic rings. The van der Waals surface area contributed by atoms with Gasteiger partial charge in [0.15, 0.2) is 11.5 Å². The average molecular weight is 839 g/mol. The van der Waals surface area contributed by atoms with Gasteiger partial charge in [0.1, 0.15) is 47.8 Å². The molecule has 3 aromatic rings. The van der Waals surface area contributed by atoms with Crippen LogP contribution in [0.15, 0.2) is 78.4 Å². The predicted octanol–water partition coefficient (Wildman–Crippen LogP) is 3.52. The van der Waals surface area contributed by atoms with Gasteiger partial charge in [0, 0.05) is 47.0 Å². The molecule has 0 radical (unpaired) electrons. The van der Waals surface area contributed by atoms with Crippen LogP contribution < -0.4 is 24.8 Å². The van der Waals surface area contributed by atoms with Crippen LogP contribution >= 0.6 is 0 Å². The van der Waals surface area contributed by atoms with Crippen LogP contribution in [-0.4, -0.2) is 133 Å². The molecule has 326 valence electrons. The third kappa shape index (κ3) is 10.7. The number of carbonyl (C=O) groups is 6. The number of rotatable bonds is 6. The van der Waals surface area contributed by atoms with Gasteiger partial charge in [-0.25, -0.2) is 0 Å². The zero-order chi connectivity index (χ0) is 44.7. The van der Waals surface area contributed by atoms with Crippen LogP contribution in [-0.2, 0) is 48.0 Å². The second-order valence-corrected chi connectivity index (χ2v) is 16.0. The molecule has 15 nitrogen and oxygen atoms in total. The van der Waals surface area contributed by atoms with E-state index in [4.69, 9.17) is 14.2 Å². The van der Waals surface area contributed by atoms with Gasteiger partial charge in [-0.1, -0.05) is 42.0 Å². The molecular weight excluding hydrogens is 781 g/mol. The first-order valence-corrected chi connectivity index (χ1v) is 20.3. The van der Waals surface area contributed by atoms with Gasteiger partial charge in [0.25, 0.3) is 0 Å². The summed E-state index contributed by atoms with van der Waals surface area (Å²) in [6.45, 7) is 8.39. The fourth-order valence-electron chi connectivity index (χ4n) is 7.52. The van der Waals surface area contributed by atoms with Crippen LogP contribution in [0.5, 0.6) is 23.0 Å². The minimum absolute atomic E-state index is 0.000507. The first-order chi connectivity index (χ1) is 28.9. The zero-order valence-electron chi connectivity index (χ0n) is 36.7. The zero-order valence-corrected chi connectivity index (χ0v) is 36.7. The lowest BCUT2D eigenvalue weighted by molar-refractivity contribution is -0.151. The van der Waals surface area contributed by atoms with E-state index in [2.05, 4.69) is 10.6 Å². The van der Waals surface area contributed by atoms with Crippen molar-refractivity contribution < 1.29 is 43.0 Å². The largest absolute Gasteiger partial charge is 0.497 e. The van der Waals surface area contributed by atoms with Crippen molar-refractivity contribution in [1.82, 2.24) is 30.2 Å². The van der Waals surface area contributed by atoms with E-state index in [1.807, 2.05) is 13.8 Å². The number of hydrogen-bond acceptors (Lipinski definition) is 9. The van der Waals surface area contributed by atoms with Gasteiger partial charge in [0.2, 0.25) is 35.4 Å². The lowest BCUT2D eigenvalue weighted by Crippen LogP contribution is -2.62. The van der Waals surface area contributed by atoms with Gasteiger partial charge in [-0.05, 0) is 87.7 Å². The van der Waals surface area contributed by atoms with E-state index in [0.717, 1.165) is 5.57 Å². The quantitative estimate of drug-likeness (QED) is 0.354. The maximum absolute atomic E-state index is 14.9. The third-order valence-electron chi connectivity index (χ3n) is 11.4. The molecule has 1 fully saturated rings. The number of carbonyl (C=O) groups excluding carboxylic acids is 6. The van der Waals surface area contributed by atoms with E-state index in [1.54, 1.807) is 86.8 Å². The molecule has 0 aliphatic carbocycles. The second-order valence-electron chi connectivity index (χ2n) is 16.0. The van der Waals surface area contributed by atoms with Crippen molar-refractivity contribution in [3.05, 3.63) is 95.1 Å². The van der Waals surface area contributed by atoms with E-state index in [-0.39, 0.29) is 25.8 Å². The summed E-state index contributed by atoms with van der Waals surface area (Å²) >= 11 is 0. The van der Waals surface area contributed by atoms with Crippen LogP contribution in [0.4, 0.5) is 0 Å². The van der Waals surface area contributed by atoms with Crippen LogP contribution in [0, 0.1) is 0 Å². The molecule has 0 unspecified atom stereocenters. The number of likely N-dealkylation sites (N-methyl/N-ethyl adjacent to an activating group) is 3. The molecule has 61 heavy (non-hydrogen) atoms. The molecule has 6 rings (SSSR count). The van der Waals surface area contributed by atoms with Crippen molar-refractivity contribution in [3.63, 3.8) is 0 Å². The van der Waals surface area contributed by atoms with Gasteiger partial charge < -0.3 is 44.4 Å². The fraction of sp³-hybridized carbons (Fsp3) is 0.435. The van der Waals surface area contributed by atoms with Crippen molar-refractivity contribution in [2.45, 2.75) is 90.1 Å². The van der Waals surface area contributed by atoms with Gasteiger partial charge in [0.05, 0.1) is 14.2 Å². The van der Waals surface area contributed by atoms with Crippen molar-refractivity contribution in [2.24, 2.45) is 0 Å². The summed E-state index contributed by atoms with van der Waals surface area (Å²) < 4.78 is 17.1. The van der Waals surface area contributed by atoms with Crippen LogP contribution in [0.1, 0.15) is 51.3 Å². The molecule has 3 aromatic carbocycles. The molecule has 3 aliphatic heterocycles. The summed E-state index contributed by atoms with van der Waals surface area (Å²) in [5.74, 6) is -1.47. The van der Waals surface area contributed by atoms with Crippen molar-refractivity contribution >= 4 is 35.4 Å². The van der Waals surface area contributed by atoms with Gasteiger partial charge in [-0.15, -0.1) is 0 Å². The number of allylic oxidation sites excluding steroid dienone is 1. The molecule has 2 N–H and O–H groups in total. The molecular formula is C46H58N6O9. The summed E-state index contributed by atoms with van der Waals surface area (Å²) in [5, 5.41) is 5.66. The number of amides is 6. The van der Waals surface area contributed by atoms with E-state index in [9.17, 15) is 28.8 Å². The highest BCUT2D eigenvalue weighted by molar-refractivity contribution is 5.98. The summed E-state index contributed by atoms with van der Waals surface area (Å²) in [5.41, 5.74) is 2.93. The SMILES string of the molecule is COc1ccc(C[C@H]2C(=O)N[C@@H](C)C(=O)N(C)[C@H]3Cc4ccc(cc4)Oc4cc(ccc4OC)C[C@@H](C(=O)N[C@H](C)C(=O)N(CC=C(C)C)[C@@H](C)C(=O)N2C)N(C)C3=O)cc1. The van der Waals surface area contributed by atoms with Crippen molar-refractivity contribution in [2.75, 3.05) is 41.9 Å². The fourth-order valence-corrected chi connectivity index (χ4v) is 7.52. The molecule has 6 atom stereocenters. The average Bonchev–Trinajstić information content (AvgIpc) is 3.24. The summed E-state index contributed by atoms with van der Waals surface area (Å²) in [6, 6.07) is 12.5. The lowest BCUT2D eigenvalue weighted by Gasteiger charge is -2.38. The molecule has 6 amide bonds. The third-order valence-corrected chi connectivity index (χ3v) is 11.4. The maximum atomic E-state index is 14.9. The molecule has 0 saturated carbocycles. The number of ether oxygens (including phenoxy) is 3. The lowest BCUT2D eigenvalue weighted by atomic mass is 9.98. The van der Waals surface area contributed by atoms with Gasteiger partial charge in [-0.2, -0.15) is 0 Å². The molecule has 3 heterocycles. The highest BCUT2D eigenvalue weighted by Crippen LogP contribution is 2.34. The molecule has 0 aromatic heterocycles. The Morgan fingerprint density at radius 2 is 1.28 bits per heavy atom. The summed E-state index contributed by atoms with van der Waals surface area (Å²) in [7, 11) is 7.53. The van der Waals surface area contributed by atoms with Crippen LogP contribution in [0.2, 0.25) is 0 Å². The smallest absolute Gasteiger partial charge is 0.246 e. The highest BCUT2D eigenvalue weighted by atomic mass is 16.5. The first-order valence-electron chi connectivity index (χ1n) is 20.3. The molecule has 0 spiro atoms. The van der Waals surface area contributed by atoms with E-state index < -0.39 is 71.7 Å². The number of benzene rings is 3. The van der Waals surface area contributed by atoms with E-state index in [0.29, 0.717) is 39.7 Å². The Balaban J connectivity index is 1.64. The Kier molecular flexibility index (Phi) is 14.8. The Morgan fingerprint density at radius 3 is 1.90 bits per heavy atom. The topological polar surface area (TPSA) is 167 Å². The molecule has 6 bridgehead atoms. The number of nitrogens with zero attached hydrogens (tertiary/aromatic N) is 4. The Labute approximate surface area is 358 Å². The standard InChI is InChI=1S/C46H58N6O9/c1-27(2)21-22-52-30(5)45(57)49(6)36(23-31-11-16-34(59-9)17-12-31)41(53)47-28(3)43(55)51(8)38-24-32-13-18-35(19-14-32)61-40-26-33(15-20-39(40)60-10)25-37(50(7)46(38)58)42(54)48-29(4)44(52)56/h11-21,26,28-30,36-38H,22-25H2,1-10H3,(H,47,53)(H,48,54)/t28-,29+,30-,36-,37-,38-/m0/s1. The Hall–Kier alpha value is -6.38. The Morgan fingerprint density at radius 1 is 0.689 bits per heavy atom. The molecule has 1 saturated heterocycles. The normalized spacial score (nSPS) is 23.4. The van der Waals surface area contributed by atoms with Crippen molar-refractivity contribution in [3.8, 4) is 23.0 Å². The number of fused-ring (bicyclic) bond motifs is 2. The van der Waals surface area contributed by atoms with Gasteiger partial charge in [-0.3, -0.25) is 28.8 Å². The van der Waals surface area contributed by atoms with Gasteiger partial charge >= 0.3 is 0 Å². The first kappa shape index (κ1) is 45.7. The highest BCUT2D eigenvalue weighted by Gasteiger charge is 2.40. The number of hydrogen-bond donors (Lipinski definition) is 2. The number of nitrogens with one attached hydrogen (secondary N) is 2. The van der Waals surface area contributed by atoms with Crippen molar-refractivity contribution in [1.29, 1.82) is 0 Å². The number of methoxy groups -OCH3 is 2. The minimum Gasteiger partial charge on any atom is -0.497 e. The maximum Gasteiger partial charge on any atom is 0.246 e.